The summed E-state index contributed by atoms with van der Waals surface area (Å²) in [6.45, 7) is 4.15. The van der Waals surface area contributed by atoms with Crippen LogP contribution in [0.4, 0.5) is 0 Å². The van der Waals surface area contributed by atoms with E-state index in [0.717, 1.165) is 10.7 Å². The predicted molar refractivity (Wildman–Crippen MR) is 81.7 cm³/mol. The van der Waals surface area contributed by atoms with E-state index in [1.54, 1.807) is 23.3 Å². The van der Waals surface area contributed by atoms with Gasteiger partial charge in [-0.25, -0.2) is 0 Å². The molecule has 21 heavy (non-hydrogen) atoms. The molecule has 0 saturated carbocycles. The molecule has 2 aromatic heterocycles. The van der Waals surface area contributed by atoms with Gasteiger partial charge in [-0.2, -0.15) is 0 Å². The molecule has 0 fully saturated rings. The molecular formula is C14H19N5OS. The number of aromatic nitrogens is 4. The first kappa shape index (κ1) is 15.5. The lowest BCUT2D eigenvalue weighted by molar-refractivity contribution is -0.119. The summed E-state index contributed by atoms with van der Waals surface area (Å²) in [5, 5.41) is 11.5. The van der Waals surface area contributed by atoms with E-state index in [9.17, 15) is 4.79 Å². The van der Waals surface area contributed by atoms with Crippen LogP contribution in [0.25, 0.3) is 0 Å². The Hall–Kier alpha value is -1.89. The maximum absolute atomic E-state index is 12.1. The van der Waals surface area contributed by atoms with Gasteiger partial charge < -0.3 is 9.88 Å². The smallest absolute Gasteiger partial charge is 0.230 e. The van der Waals surface area contributed by atoms with Crippen molar-refractivity contribution in [2.24, 2.45) is 13.0 Å². The third-order valence-electron chi connectivity index (χ3n) is 3.03. The third-order valence-corrected chi connectivity index (χ3v) is 4.06. The van der Waals surface area contributed by atoms with Gasteiger partial charge in [0.1, 0.15) is 6.33 Å². The first-order valence-electron chi connectivity index (χ1n) is 6.74. The number of rotatable bonds is 6. The van der Waals surface area contributed by atoms with Crippen molar-refractivity contribution in [3.63, 3.8) is 0 Å². The molecule has 1 unspecified atom stereocenters. The Bertz CT molecular complexity index is 584. The number of pyridine rings is 1. The van der Waals surface area contributed by atoms with Crippen molar-refractivity contribution in [3.05, 3.63) is 36.4 Å². The molecule has 7 heteroatoms. The van der Waals surface area contributed by atoms with E-state index in [4.69, 9.17) is 0 Å². The first-order chi connectivity index (χ1) is 10.1. The second-order valence-corrected chi connectivity index (χ2v) is 6.03. The number of thioether (sulfide) groups is 1. The molecule has 0 aliphatic heterocycles. The molecule has 112 valence electrons. The summed E-state index contributed by atoms with van der Waals surface area (Å²) < 4.78 is 1.79. The Morgan fingerprint density at radius 2 is 2.29 bits per heavy atom. The van der Waals surface area contributed by atoms with Crippen LogP contribution in [-0.4, -0.2) is 31.4 Å². The minimum absolute atomic E-state index is 0.0226. The minimum atomic E-state index is -0.0358. The topological polar surface area (TPSA) is 72.7 Å². The number of nitrogens with one attached hydrogen (secondary N) is 1. The molecule has 0 saturated heterocycles. The highest BCUT2D eigenvalue weighted by molar-refractivity contribution is 7.99. The molecule has 1 atom stereocenters. The molecule has 2 rings (SSSR count). The van der Waals surface area contributed by atoms with E-state index in [-0.39, 0.29) is 17.9 Å². The lowest BCUT2D eigenvalue weighted by Gasteiger charge is -2.22. The third kappa shape index (κ3) is 4.29. The Balaban J connectivity index is 1.94. The van der Waals surface area contributed by atoms with E-state index in [0.29, 0.717) is 5.75 Å². The minimum Gasteiger partial charge on any atom is -0.348 e. The highest BCUT2D eigenvalue weighted by Crippen LogP contribution is 2.21. The summed E-state index contributed by atoms with van der Waals surface area (Å²) in [4.78, 5) is 16.2. The summed E-state index contributed by atoms with van der Waals surface area (Å²) in [7, 11) is 1.85. The lowest BCUT2D eigenvalue weighted by Crippen LogP contribution is -2.33. The van der Waals surface area contributed by atoms with Crippen molar-refractivity contribution in [1.82, 2.24) is 25.1 Å². The molecule has 0 radical (unpaired) electrons. The molecule has 2 heterocycles. The molecule has 1 N–H and O–H groups in total. The Labute approximate surface area is 128 Å². The van der Waals surface area contributed by atoms with Gasteiger partial charge in [0.15, 0.2) is 5.16 Å². The molecule has 1 amide bonds. The highest BCUT2D eigenvalue weighted by Gasteiger charge is 2.18. The molecule has 0 aliphatic carbocycles. The van der Waals surface area contributed by atoms with Gasteiger partial charge in [-0.05, 0) is 17.5 Å². The molecule has 0 aliphatic rings. The van der Waals surface area contributed by atoms with E-state index in [2.05, 4.69) is 34.3 Å². The Morgan fingerprint density at radius 1 is 1.48 bits per heavy atom. The fraction of sp³-hybridized carbons (Fsp3) is 0.429. The molecule has 2 aromatic rings. The van der Waals surface area contributed by atoms with E-state index in [1.165, 1.54) is 11.8 Å². The Kier molecular flexibility index (Phi) is 5.32. The molecule has 6 nitrogen and oxygen atoms in total. The number of nitrogens with zero attached hydrogens (tertiary/aromatic N) is 4. The number of carbonyl (C=O) groups is 1. The van der Waals surface area contributed by atoms with E-state index < -0.39 is 0 Å². The van der Waals surface area contributed by atoms with Crippen molar-refractivity contribution in [2.75, 3.05) is 5.75 Å². The number of amides is 1. The molecule has 0 bridgehead atoms. The van der Waals surface area contributed by atoms with Gasteiger partial charge in [-0.15, -0.1) is 10.2 Å². The van der Waals surface area contributed by atoms with E-state index >= 15 is 0 Å². The zero-order valence-corrected chi connectivity index (χ0v) is 13.2. The van der Waals surface area contributed by atoms with E-state index in [1.807, 2.05) is 19.2 Å². The summed E-state index contributed by atoms with van der Waals surface area (Å²) in [6, 6.07) is 3.82. The van der Waals surface area contributed by atoms with Gasteiger partial charge in [0.05, 0.1) is 11.8 Å². The fourth-order valence-corrected chi connectivity index (χ4v) is 2.64. The second-order valence-electron chi connectivity index (χ2n) is 5.09. The van der Waals surface area contributed by atoms with Crippen LogP contribution >= 0.6 is 11.8 Å². The average molecular weight is 305 g/mol. The largest absolute Gasteiger partial charge is 0.348 e. The number of aryl methyl sites for hydroxylation is 1. The van der Waals surface area contributed by atoms with Crippen LogP contribution in [0.1, 0.15) is 25.5 Å². The maximum atomic E-state index is 12.1. The summed E-state index contributed by atoms with van der Waals surface area (Å²) in [6.07, 6.45) is 5.14. The van der Waals surface area contributed by atoms with Crippen LogP contribution in [0.5, 0.6) is 0 Å². The van der Waals surface area contributed by atoms with Crippen molar-refractivity contribution >= 4 is 17.7 Å². The van der Waals surface area contributed by atoms with Crippen LogP contribution in [0.15, 0.2) is 36.0 Å². The van der Waals surface area contributed by atoms with Gasteiger partial charge in [0.2, 0.25) is 5.91 Å². The highest BCUT2D eigenvalue weighted by atomic mass is 32.2. The normalized spacial score (nSPS) is 12.4. The zero-order chi connectivity index (χ0) is 15.2. The lowest BCUT2D eigenvalue weighted by atomic mass is 9.97. The van der Waals surface area contributed by atoms with Crippen LogP contribution in [0.3, 0.4) is 0 Å². The summed E-state index contributed by atoms with van der Waals surface area (Å²) in [5.41, 5.74) is 1.02. The standard InChI is InChI=1S/C14H19N5OS/c1-10(2)13(11-5-4-6-15-7-11)17-12(20)8-21-14-18-16-9-19(14)3/h4-7,9-10,13H,8H2,1-3H3,(H,17,20). The Morgan fingerprint density at radius 3 is 2.86 bits per heavy atom. The summed E-state index contributed by atoms with van der Waals surface area (Å²) in [5.74, 6) is 0.583. The van der Waals surface area contributed by atoms with Crippen molar-refractivity contribution < 1.29 is 4.79 Å². The van der Waals surface area contributed by atoms with Crippen molar-refractivity contribution in [2.45, 2.75) is 25.0 Å². The summed E-state index contributed by atoms with van der Waals surface area (Å²) >= 11 is 1.37. The predicted octanol–water partition coefficient (Wildman–Crippen LogP) is 1.82. The molecular weight excluding hydrogens is 286 g/mol. The second kappa shape index (κ2) is 7.21. The quantitative estimate of drug-likeness (QED) is 0.824. The SMILES string of the molecule is CC(C)C(NC(=O)CSc1nncn1C)c1cccnc1. The number of carbonyl (C=O) groups excluding carboxylic acids is 1. The zero-order valence-electron chi connectivity index (χ0n) is 12.4. The fourth-order valence-electron chi connectivity index (χ4n) is 1.94. The molecule has 0 aromatic carbocycles. The van der Waals surface area contributed by atoms with Crippen LogP contribution < -0.4 is 5.32 Å². The first-order valence-corrected chi connectivity index (χ1v) is 7.72. The van der Waals surface area contributed by atoms with Crippen LogP contribution in [0.2, 0.25) is 0 Å². The van der Waals surface area contributed by atoms with Crippen LogP contribution in [-0.2, 0) is 11.8 Å². The van der Waals surface area contributed by atoms with Crippen molar-refractivity contribution in [3.8, 4) is 0 Å². The monoisotopic (exact) mass is 305 g/mol. The van der Waals surface area contributed by atoms with Crippen molar-refractivity contribution in [1.29, 1.82) is 0 Å². The van der Waals surface area contributed by atoms with Gasteiger partial charge in [0, 0.05) is 19.4 Å². The average Bonchev–Trinajstić information content (AvgIpc) is 2.88. The maximum Gasteiger partial charge on any atom is 0.230 e. The van der Waals surface area contributed by atoms with Crippen LogP contribution in [0, 0.1) is 5.92 Å². The number of hydrogen-bond acceptors (Lipinski definition) is 5. The molecule has 0 spiro atoms. The number of hydrogen-bond donors (Lipinski definition) is 1. The van der Waals surface area contributed by atoms with Gasteiger partial charge in [-0.3, -0.25) is 9.78 Å². The van der Waals surface area contributed by atoms with Gasteiger partial charge in [0.25, 0.3) is 0 Å². The van der Waals surface area contributed by atoms with Gasteiger partial charge in [-0.1, -0.05) is 31.7 Å². The van der Waals surface area contributed by atoms with Gasteiger partial charge >= 0.3 is 0 Å².